The number of nitrogens with two attached hydrogens (primary N) is 1. The van der Waals surface area contributed by atoms with E-state index in [9.17, 15) is 19.2 Å². The molecule has 1 saturated heterocycles. The molecule has 1 fully saturated rings. The Morgan fingerprint density at radius 1 is 1.31 bits per heavy atom. The molecule has 1 aromatic carbocycles. The number of para-hydroxylation sites is 1. The number of Topliss-reactive ketones (excluding diaryl/α,β-unsaturated/α-hetero) is 1. The predicted molar refractivity (Wildman–Crippen MR) is 120 cm³/mol. The van der Waals surface area contributed by atoms with E-state index in [2.05, 4.69) is 20.6 Å². The number of aromatic amines is 1. The Labute approximate surface area is 190 Å². The highest BCUT2D eigenvalue weighted by molar-refractivity contribution is 6.35. The molecule has 0 spiro atoms. The van der Waals surface area contributed by atoms with Crippen molar-refractivity contribution in [2.75, 3.05) is 6.54 Å². The highest BCUT2D eigenvalue weighted by atomic mass is 35.5. The van der Waals surface area contributed by atoms with E-state index in [1.807, 2.05) is 13.8 Å². The molecule has 3 atom stereocenters. The van der Waals surface area contributed by atoms with E-state index in [0.29, 0.717) is 35.4 Å². The third-order valence-corrected chi connectivity index (χ3v) is 5.93. The van der Waals surface area contributed by atoms with Gasteiger partial charge in [-0.2, -0.15) is 0 Å². The quantitative estimate of drug-likeness (QED) is 0.399. The van der Waals surface area contributed by atoms with Crippen molar-refractivity contribution in [1.82, 2.24) is 20.6 Å². The summed E-state index contributed by atoms with van der Waals surface area (Å²) in [5.74, 6) is -2.42. The first kappa shape index (κ1) is 23.7. The molecule has 2 heterocycles. The van der Waals surface area contributed by atoms with Gasteiger partial charge in [0.1, 0.15) is 11.6 Å². The van der Waals surface area contributed by atoms with Gasteiger partial charge in [-0.3, -0.25) is 19.2 Å². The summed E-state index contributed by atoms with van der Waals surface area (Å²) in [6.07, 6.45) is 1.07. The van der Waals surface area contributed by atoms with Crippen molar-refractivity contribution in [3.05, 3.63) is 29.0 Å². The number of hydrogen-bond donors (Lipinski definition) is 4. The van der Waals surface area contributed by atoms with Crippen LogP contribution in [0, 0.1) is 17.8 Å². The number of halogens is 1. The van der Waals surface area contributed by atoms with Crippen LogP contribution in [0.3, 0.4) is 0 Å². The molecule has 5 N–H and O–H groups in total. The monoisotopic (exact) mass is 461 g/mol. The molecule has 172 valence electrons. The number of carbonyl (C=O) groups excluding carboxylic acids is 4. The normalized spacial score (nSPS) is 17.9. The number of rotatable bonds is 10. The zero-order chi connectivity index (χ0) is 23.4. The van der Waals surface area contributed by atoms with Crippen molar-refractivity contribution in [3.8, 4) is 0 Å². The Morgan fingerprint density at radius 3 is 2.66 bits per heavy atom. The second kappa shape index (κ2) is 10.1. The van der Waals surface area contributed by atoms with Crippen LogP contribution in [0.15, 0.2) is 18.2 Å². The second-order valence-electron chi connectivity index (χ2n) is 8.65. The summed E-state index contributed by atoms with van der Waals surface area (Å²) in [6.45, 7) is 4.43. The average Bonchev–Trinajstić information content (AvgIpc) is 3.33. The molecule has 10 heteroatoms. The number of hydrogen-bond acceptors (Lipinski definition) is 5. The fourth-order valence-electron chi connectivity index (χ4n) is 3.99. The Bertz CT molecular complexity index is 1030. The molecule has 2 aromatic rings. The molecular weight excluding hydrogens is 434 g/mol. The van der Waals surface area contributed by atoms with Crippen molar-refractivity contribution >= 4 is 46.1 Å². The maximum absolute atomic E-state index is 13.0. The Hall–Kier alpha value is -2.94. The van der Waals surface area contributed by atoms with Crippen LogP contribution >= 0.6 is 11.6 Å². The average molecular weight is 462 g/mol. The number of nitrogens with zero attached hydrogens (tertiary/aromatic N) is 1. The summed E-state index contributed by atoms with van der Waals surface area (Å²) in [4.78, 5) is 56.9. The van der Waals surface area contributed by atoms with Gasteiger partial charge in [-0.05, 0) is 37.3 Å². The highest BCUT2D eigenvalue weighted by Gasteiger charge is 2.33. The minimum Gasteiger partial charge on any atom is -0.368 e. The van der Waals surface area contributed by atoms with E-state index >= 15 is 0 Å². The molecule has 0 saturated carbocycles. The molecule has 1 aliphatic rings. The lowest BCUT2D eigenvalue weighted by Crippen LogP contribution is -2.48. The maximum atomic E-state index is 13.0. The van der Waals surface area contributed by atoms with Crippen LogP contribution in [0.4, 0.5) is 0 Å². The van der Waals surface area contributed by atoms with E-state index in [0.717, 1.165) is 0 Å². The van der Waals surface area contributed by atoms with Crippen LogP contribution < -0.4 is 16.4 Å². The van der Waals surface area contributed by atoms with Crippen LogP contribution in [0.1, 0.15) is 50.1 Å². The summed E-state index contributed by atoms with van der Waals surface area (Å²) in [5, 5.41) is 5.80. The van der Waals surface area contributed by atoms with E-state index < -0.39 is 23.8 Å². The van der Waals surface area contributed by atoms with Crippen molar-refractivity contribution in [2.24, 2.45) is 23.5 Å². The minimum atomic E-state index is -0.980. The maximum Gasteiger partial charge on any atom is 0.240 e. The lowest BCUT2D eigenvalue weighted by molar-refractivity contribution is -0.131. The van der Waals surface area contributed by atoms with Gasteiger partial charge in [-0.1, -0.05) is 31.5 Å². The SMILES string of the molecule is CC(C)C[C@H](CC(=O)c1nc2c(Cl)cccc2[nH]1)C(=O)N[C@@H](C[C@@H]1CCNC1=O)C(N)=O. The number of amides is 3. The zero-order valence-corrected chi connectivity index (χ0v) is 18.9. The number of imidazole rings is 1. The molecule has 1 aromatic heterocycles. The van der Waals surface area contributed by atoms with Crippen LogP contribution in [-0.2, 0) is 14.4 Å². The van der Waals surface area contributed by atoms with Crippen molar-refractivity contribution in [1.29, 1.82) is 0 Å². The van der Waals surface area contributed by atoms with Crippen LogP contribution in [0.2, 0.25) is 5.02 Å². The Morgan fingerprint density at radius 2 is 2.06 bits per heavy atom. The van der Waals surface area contributed by atoms with E-state index in [1.165, 1.54) is 0 Å². The largest absolute Gasteiger partial charge is 0.368 e. The summed E-state index contributed by atoms with van der Waals surface area (Å²) < 4.78 is 0. The van der Waals surface area contributed by atoms with Crippen molar-refractivity contribution in [2.45, 2.75) is 45.6 Å². The lowest BCUT2D eigenvalue weighted by atomic mass is 9.90. The first-order valence-electron chi connectivity index (χ1n) is 10.7. The molecule has 3 rings (SSSR count). The first-order chi connectivity index (χ1) is 15.2. The van der Waals surface area contributed by atoms with Crippen molar-refractivity contribution < 1.29 is 19.2 Å². The molecule has 0 unspecified atom stereocenters. The van der Waals surface area contributed by atoms with E-state index in [-0.39, 0.29) is 42.2 Å². The number of carbonyl (C=O) groups is 4. The van der Waals surface area contributed by atoms with Gasteiger partial charge >= 0.3 is 0 Å². The number of fused-ring (bicyclic) bond motifs is 1. The fraction of sp³-hybridized carbons (Fsp3) is 0.500. The van der Waals surface area contributed by atoms with Gasteiger partial charge in [0.15, 0.2) is 11.6 Å². The van der Waals surface area contributed by atoms with Gasteiger partial charge in [0.2, 0.25) is 17.7 Å². The molecule has 0 bridgehead atoms. The predicted octanol–water partition coefficient (Wildman–Crippen LogP) is 1.95. The highest BCUT2D eigenvalue weighted by Crippen LogP contribution is 2.24. The number of aromatic nitrogens is 2. The van der Waals surface area contributed by atoms with Gasteiger partial charge in [0, 0.05) is 24.8 Å². The molecule has 32 heavy (non-hydrogen) atoms. The Kier molecular flexibility index (Phi) is 7.50. The topological polar surface area (TPSA) is 147 Å². The first-order valence-corrected chi connectivity index (χ1v) is 11.1. The molecule has 0 radical (unpaired) electrons. The lowest BCUT2D eigenvalue weighted by Gasteiger charge is -2.23. The number of ketones is 1. The fourth-order valence-corrected chi connectivity index (χ4v) is 4.21. The molecule has 0 aliphatic carbocycles. The Balaban J connectivity index is 1.72. The molecule has 1 aliphatic heterocycles. The molecule has 3 amide bonds. The second-order valence-corrected chi connectivity index (χ2v) is 9.06. The summed E-state index contributed by atoms with van der Waals surface area (Å²) in [6, 6.07) is 4.22. The standard InChI is InChI=1S/C22H28ClN5O4/c1-11(2)8-13(10-17(29)20-26-15-5-3-4-14(23)18(15)28-20)22(32)27-16(19(24)30)9-12-6-7-25-21(12)31/h3-5,11-13,16H,6-10H2,1-2H3,(H2,24,30)(H,25,31)(H,26,28)(H,27,32)/t12-,13+,16-/m0/s1. The molecular formula is C22H28ClN5O4. The van der Waals surface area contributed by atoms with Gasteiger partial charge in [-0.25, -0.2) is 4.98 Å². The van der Waals surface area contributed by atoms with E-state index in [4.69, 9.17) is 17.3 Å². The van der Waals surface area contributed by atoms with Gasteiger partial charge < -0.3 is 21.4 Å². The smallest absolute Gasteiger partial charge is 0.240 e. The van der Waals surface area contributed by atoms with Crippen LogP contribution in [0.5, 0.6) is 0 Å². The van der Waals surface area contributed by atoms with Gasteiger partial charge in [0.25, 0.3) is 0 Å². The van der Waals surface area contributed by atoms with E-state index in [1.54, 1.807) is 18.2 Å². The number of primary amides is 1. The third-order valence-electron chi connectivity index (χ3n) is 5.63. The summed E-state index contributed by atoms with van der Waals surface area (Å²) in [7, 11) is 0. The number of benzene rings is 1. The molecule has 9 nitrogen and oxygen atoms in total. The van der Waals surface area contributed by atoms with Crippen LogP contribution in [0.25, 0.3) is 11.0 Å². The van der Waals surface area contributed by atoms with Gasteiger partial charge in [-0.15, -0.1) is 0 Å². The summed E-state index contributed by atoms with van der Waals surface area (Å²) in [5.41, 5.74) is 6.61. The number of nitrogens with one attached hydrogen (secondary N) is 3. The third kappa shape index (κ3) is 5.64. The van der Waals surface area contributed by atoms with Crippen LogP contribution in [-0.4, -0.2) is 46.1 Å². The van der Waals surface area contributed by atoms with Gasteiger partial charge in [0.05, 0.1) is 10.5 Å². The zero-order valence-electron chi connectivity index (χ0n) is 18.1. The minimum absolute atomic E-state index is 0.0865. The summed E-state index contributed by atoms with van der Waals surface area (Å²) >= 11 is 6.14. The van der Waals surface area contributed by atoms with Crippen molar-refractivity contribution in [3.63, 3.8) is 0 Å². The number of H-pyrrole nitrogens is 1.